The number of piperidine rings is 1. The average molecular weight is 209 g/mol. The molecule has 3 heteroatoms. The van der Waals surface area contributed by atoms with Crippen molar-refractivity contribution in [3.63, 3.8) is 0 Å². The van der Waals surface area contributed by atoms with E-state index in [2.05, 4.69) is 11.8 Å². The molecular formula is C12H23N3. The zero-order valence-corrected chi connectivity index (χ0v) is 9.71. The predicted octanol–water partition coefficient (Wildman–Crippen LogP) is 1.97. The molecule has 3 N–H and O–H groups in total. The lowest BCUT2D eigenvalue weighted by atomic mass is 9.78. The first-order chi connectivity index (χ1) is 7.20. The van der Waals surface area contributed by atoms with Crippen molar-refractivity contribution in [1.82, 2.24) is 4.90 Å². The van der Waals surface area contributed by atoms with Crippen LogP contribution in [0.15, 0.2) is 0 Å². The summed E-state index contributed by atoms with van der Waals surface area (Å²) in [4.78, 5) is 2.48. The van der Waals surface area contributed by atoms with Crippen molar-refractivity contribution >= 4 is 5.84 Å². The zero-order valence-electron chi connectivity index (χ0n) is 9.71. The highest BCUT2D eigenvalue weighted by molar-refractivity contribution is 5.82. The molecule has 1 saturated heterocycles. The van der Waals surface area contributed by atoms with Crippen molar-refractivity contribution in [2.45, 2.75) is 57.5 Å². The molecule has 1 aliphatic heterocycles. The maximum Gasteiger partial charge on any atom is 0.108 e. The molecule has 0 aromatic heterocycles. The van der Waals surface area contributed by atoms with Crippen LogP contribution in [0, 0.1) is 11.3 Å². The molecule has 1 saturated carbocycles. The summed E-state index contributed by atoms with van der Waals surface area (Å²) in [5.41, 5.74) is 5.63. The third kappa shape index (κ3) is 2.17. The van der Waals surface area contributed by atoms with E-state index in [9.17, 15) is 0 Å². The normalized spacial score (nSPS) is 34.5. The van der Waals surface area contributed by atoms with Gasteiger partial charge >= 0.3 is 0 Å². The van der Waals surface area contributed by atoms with E-state index in [1.54, 1.807) is 0 Å². The minimum Gasteiger partial charge on any atom is -0.386 e. The van der Waals surface area contributed by atoms with E-state index in [-0.39, 0.29) is 6.04 Å². The van der Waals surface area contributed by atoms with E-state index in [0.29, 0.717) is 11.9 Å². The Labute approximate surface area is 92.5 Å². The third-order valence-electron chi connectivity index (χ3n) is 4.23. The minimum atomic E-state index is 0.149. The van der Waals surface area contributed by atoms with Crippen LogP contribution in [0.4, 0.5) is 0 Å². The molecule has 0 radical (unpaired) electrons. The van der Waals surface area contributed by atoms with Gasteiger partial charge in [-0.15, -0.1) is 0 Å². The number of hydrogen-bond acceptors (Lipinski definition) is 2. The lowest BCUT2D eigenvalue weighted by Gasteiger charge is -2.46. The minimum absolute atomic E-state index is 0.149. The van der Waals surface area contributed by atoms with E-state index in [1.807, 2.05) is 0 Å². The van der Waals surface area contributed by atoms with Gasteiger partial charge in [-0.3, -0.25) is 10.3 Å². The van der Waals surface area contributed by atoms with Gasteiger partial charge in [-0.25, -0.2) is 0 Å². The highest BCUT2D eigenvalue weighted by Crippen LogP contribution is 2.36. The van der Waals surface area contributed by atoms with Gasteiger partial charge in [-0.1, -0.05) is 12.8 Å². The summed E-state index contributed by atoms with van der Waals surface area (Å²) in [6, 6.07) is 0.863. The lowest BCUT2D eigenvalue weighted by molar-refractivity contribution is 0.0499. The molecule has 0 spiro atoms. The molecule has 2 rings (SSSR count). The number of nitrogens with zero attached hydrogens (tertiary/aromatic N) is 1. The lowest BCUT2D eigenvalue weighted by Crippen LogP contribution is -2.54. The van der Waals surface area contributed by atoms with Gasteiger partial charge < -0.3 is 5.73 Å². The summed E-state index contributed by atoms with van der Waals surface area (Å²) in [7, 11) is 0. The summed E-state index contributed by atoms with van der Waals surface area (Å²) in [6.45, 7) is 3.22. The van der Waals surface area contributed by atoms with Crippen LogP contribution in [0.2, 0.25) is 0 Å². The van der Waals surface area contributed by atoms with Gasteiger partial charge in [0.2, 0.25) is 0 Å². The van der Waals surface area contributed by atoms with Crippen LogP contribution in [-0.2, 0) is 0 Å². The largest absolute Gasteiger partial charge is 0.386 e. The molecule has 2 fully saturated rings. The van der Waals surface area contributed by atoms with Gasteiger partial charge in [0.05, 0.1) is 6.04 Å². The molecule has 3 atom stereocenters. The first-order valence-electron chi connectivity index (χ1n) is 6.30. The number of nitrogens with one attached hydrogen (secondary N) is 1. The molecular weight excluding hydrogens is 186 g/mol. The second-order valence-corrected chi connectivity index (χ2v) is 5.12. The van der Waals surface area contributed by atoms with E-state index in [4.69, 9.17) is 11.1 Å². The third-order valence-corrected chi connectivity index (χ3v) is 4.23. The molecule has 15 heavy (non-hydrogen) atoms. The number of amidine groups is 1. The Hall–Kier alpha value is -0.570. The molecule has 0 aromatic rings. The molecule has 2 aliphatic rings. The monoisotopic (exact) mass is 209 g/mol. The van der Waals surface area contributed by atoms with Crippen molar-refractivity contribution in [3.8, 4) is 0 Å². The Morgan fingerprint density at radius 2 is 1.93 bits per heavy atom. The number of rotatable bonds is 2. The maximum absolute atomic E-state index is 7.58. The molecule has 86 valence electrons. The van der Waals surface area contributed by atoms with Gasteiger partial charge in [0.25, 0.3) is 0 Å². The summed E-state index contributed by atoms with van der Waals surface area (Å²) in [5.74, 6) is 1.22. The standard InChI is InChI=1S/C12H23N3/c1-9(12(13)14)15-8-4-6-10-5-2-3-7-11(10)15/h9-11H,2-8H2,1H3,(H3,13,14). The van der Waals surface area contributed by atoms with Crippen molar-refractivity contribution < 1.29 is 0 Å². The molecule has 3 nitrogen and oxygen atoms in total. The summed E-state index contributed by atoms with van der Waals surface area (Å²) in [5, 5.41) is 7.58. The van der Waals surface area contributed by atoms with Crippen LogP contribution >= 0.6 is 0 Å². The van der Waals surface area contributed by atoms with Crippen LogP contribution in [0.1, 0.15) is 45.4 Å². The van der Waals surface area contributed by atoms with E-state index in [0.717, 1.165) is 12.5 Å². The topological polar surface area (TPSA) is 53.1 Å². The van der Waals surface area contributed by atoms with Crippen LogP contribution < -0.4 is 5.73 Å². The van der Waals surface area contributed by atoms with Crippen molar-refractivity contribution in [1.29, 1.82) is 5.41 Å². The molecule has 0 aromatic carbocycles. The fourth-order valence-electron chi connectivity index (χ4n) is 3.32. The smallest absolute Gasteiger partial charge is 0.108 e. The summed E-state index contributed by atoms with van der Waals surface area (Å²) < 4.78 is 0. The Kier molecular flexibility index (Phi) is 3.29. The number of likely N-dealkylation sites (tertiary alicyclic amines) is 1. The second-order valence-electron chi connectivity index (χ2n) is 5.12. The molecule has 1 aliphatic carbocycles. The van der Waals surface area contributed by atoms with Crippen molar-refractivity contribution in [2.24, 2.45) is 11.7 Å². The van der Waals surface area contributed by atoms with Gasteiger partial charge in [0.15, 0.2) is 0 Å². The average Bonchev–Trinajstić information content (AvgIpc) is 2.27. The highest BCUT2D eigenvalue weighted by Gasteiger charge is 2.35. The second kappa shape index (κ2) is 4.52. The summed E-state index contributed by atoms with van der Waals surface area (Å²) >= 11 is 0. The quantitative estimate of drug-likeness (QED) is 0.539. The first-order valence-corrected chi connectivity index (χ1v) is 6.30. The molecule has 0 amide bonds. The Morgan fingerprint density at radius 1 is 1.27 bits per heavy atom. The molecule has 3 unspecified atom stereocenters. The van der Waals surface area contributed by atoms with E-state index < -0.39 is 0 Å². The Morgan fingerprint density at radius 3 is 2.67 bits per heavy atom. The number of nitrogens with two attached hydrogens (primary N) is 1. The zero-order chi connectivity index (χ0) is 10.8. The molecule has 1 heterocycles. The van der Waals surface area contributed by atoms with E-state index >= 15 is 0 Å². The van der Waals surface area contributed by atoms with Crippen LogP contribution in [-0.4, -0.2) is 29.4 Å². The van der Waals surface area contributed by atoms with Crippen LogP contribution in [0.25, 0.3) is 0 Å². The van der Waals surface area contributed by atoms with Crippen LogP contribution in [0.3, 0.4) is 0 Å². The fourth-order valence-corrected chi connectivity index (χ4v) is 3.32. The van der Waals surface area contributed by atoms with Gasteiger partial charge in [0, 0.05) is 6.04 Å². The van der Waals surface area contributed by atoms with Crippen molar-refractivity contribution in [3.05, 3.63) is 0 Å². The van der Waals surface area contributed by atoms with Crippen LogP contribution in [0.5, 0.6) is 0 Å². The maximum atomic E-state index is 7.58. The highest BCUT2D eigenvalue weighted by atomic mass is 15.2. The SMILES string of the molecule is CC(C(=N)N)N1CCCC2CCCCC21. The summed E-state index contributed by atoms with van der Waals surface area (Å²) in [6.07, 6.45) is 8.17. The van der Waals surface area contributed by atoms with E-state index in [1.165, 1.54) is 38.5 Å². The van der Waals surface area contributed by atoms with Crippen molar-refractivity contribution in [2.75, 3.05) is 6.54 Å². The number of fused-ring (bicyclic) bond motifs is 1. The van der Waals surface area contributed by atoms with Gasteiger partial charge in [0.1, 0.15) is 5.84 Å². The molecule has 0 bridgehead atoms. The van der Waals surface area contributed by atoms with Gasteiger partial charge in [-0.05, 0) is 45.1 Å². The first kappa shape index (κ1) is 10.9. The predicted molar refractivity (Wildman–Crippen MR) is 63.1 cm³/mol. The fraction of sp³-hybridized carbons (Fsp3) is 0.917. The Balaban J connectivity index is 2.06. The number of hydrogen-bond donors (Lipinski definition) is 2. The Bertz CT molecular complexity index is 237. The van der Waals surface area contributed by atoms with Gasteiger partial charge in [-0.2, -0.15) is 0 Å².